The molecule has 1 amide bonds. The third-order valence-electron chi connectivity index (χ3n) is 2.41. The molecule has 0 aliphatic rings. The van der Waals surface area contributed by atoms with Crippen molar-refractivity contribution < 1.29 is 4.79 Å². The molecule has 0 bridgehead atoms. The fourth-order valence-electron chi connectivity index (χ4n) is 1.58. The van der Waals surface area contributed by atoms with Gasteiger partial charge in [0, 0.05) is 26.0 Å². The lowest BCUT2D eigenvalue weighted by Crippen LogP contribution is -2.29. The van der Waals surface area contributed by atoms with Crippen LogP contribution in [-0.4, -0.2) is 22.5 Å². The van der Waals surface area contributed by atoms with E-state index < -0.39 is 0 Å². The average Bonchev–Trinajstić information content (AvgIpc) is 2.83. The molecule has 3 nitrogen and oxygen atoms in total. The van der Waals surface area contributed by atoms with Gasteiger partial charge in [0.15, 0.2) is 0 Å². The zero-order valence-corrected chi connectivity index (χ0v) is 9.21. The van der Waals surface area contributed by atoms with Crippen LogP contribution < -0.4 is 0 Å². The normalized spacial score (nSPS) is 10.1. The first-order chi connectivity index (χ1) is 7.77. The Morgan fingerprint density at radius 3 is 2.38 bits per heavy atom. The van der Waals surface area contributed by atoms with E-state index in [0.29, 0.717) is 6.54 Å². The van der Waals surface area contributed by atoms with Gasteiger partial charge in [-0.25, -0.2) is 4.79 Å². The lowest BCUT2D eigenvalue weighted by Gasteiger charge is -2.17. The van der Waals surface area contributed by atoms with Crippen LogP contribution in [0.25, 0.3) is 0 Å². The van der Waals surface area contributed by atoms with Crippen LogP contribution in [0.2, 0.25) is 0 Å². The highest BCUT2D eigenvalue weighted by molar-refractivity contribution is 5.76. The summed E-state index contributed by atoms with van der Waals surface area (Å²) in [5.74, 6) is 0. The third-order valence-corrected chi connectivity index (χ3v) is 2.41. The Balaban J connectivity index is 2.04. The van der Waals surface area contributed by atoms with Gasteiger partial charge in [-0.2, -0.15) is 0 Å². The highest BCUT2D eigenvalue weighted by atomic mass is 16.2. The maximum atomic E-state index is 11.9. The van der Waals surface area contributed by atoms with Crippen LogP contribution in [0.1, 0.15) is 5.56 Å². The van der Waals surface area contributed by atoms with Gasteiger partial charge < -0.3 is 4.90 Å². The van der Waals surface area contributed by atoms with Crippen molar-refractivity contribution in [1.82, 2.24) is 9.47 Å². The number of hydrogen-bond donors (Lipinski definition) is 0. The average molecular weight is 214 g/mol. The van der Waals surface area contributed by atoms with Gasteiger partial charge in [-0.1, -0.05) is 30.3 Å². The van der Waals surface area contributed by atoms with Crippen molar-refractivity contribution in [2.45, 2.75) is 6.54 Å². The van der Waals surface area contributed by atoms with E-state index in [-0.39, 0.29) is 6.03 Å². The number of amides is 1. The Morgan fingerprint density at radius 1 is 1.12 bits per heavy atom. The van der Waals surface area contributed by atoms with E-state index >= 15 is 0 Å². The predicted molar refractivity (Wildman–Crippen MR) is 63.1 cm³/mol. The van der Waals surface area contributed by atoms with Crippen molar-refractivity contribution in [2.24, 2.45) is 0 Å². The molecule has 0 aliphatic heterocycles. The summed E-state index contributed by atoms with van der Waals surface area (Å²) in [6.45, 7) is 0.623. The molecule has 0 aliphatic carbocycles. The van der Waals surface area contributed by atoms with Gasteiger partial charge in [0.05, 0.1) is 0 Å². The van der Waals surface area contributed by atoms with Crippen molar-refractivity contribution in [2.75, 3.05) is 7.05 Å². The van der Waals surface area contributed by atoms with E-state index in [9.17, 15) is 4.79 Å². The van der Waals surface area contributed by atoms with E-state index in [4.69, 9.17) is 0 Å². The van der Waals surface area contributed by atoms with Gasteiger partial charge in [0.25, 0.3) is 0 Å². The van der Waals surface area contributed by atoms with Crippen LogP contribution in [0, 0.1) is 0 Å². The fourth-order valence-corrected chi connectivity index (χ4v) is 1.58. The molecule has 1 heterocycles. The lowest BCUT2D eigenvalue weighted by atomic mass is 10.2. The summed E-state index contributed by atoms with van der Waals surface area (Å²) in [6, 6.07) is 13.6. The number of benzene rings is 1. The number of nitrogens with zero attached hydrogens (tertiary/aromatic N) is 2. The summed E-state index contributed by atoms with van der Waals surface area (Å²) < 4.78 is 1.57. The first-order valence-corrected chi connectivity index (χ1v) is 5.20. The number of hydrogen-bond acceptors (Lipinski definition) is 1. The van der Waals surface area contributed by atoms with Gasteiger partial charge in [-0.15, -0.1) is 0 Å². The smallest absolute Gasteiger partial charge is 0.323 e. The van der Waals surface area contributed by atoms with Gasteiger partial charge >= 0.3 is 6.03 Å². The quantitative estimate of drug-likeness (QED) is 0.754. The SMILES string of the molecule is CN(Cc1ccccc1)C(=O)n1cccc1. The molecule has 0 radical (unpaired) electrons. The van der Waals surface area contributed by atoms with E-state index in [1.165, 1.54) is 0 Å². The maximum absolute atomic E-state index is 11.9. The third kappa shape index (κ3) is 2.31. The van der Waals surface area contributed by atoms with E-state index in [2.05, 4.69) is 0 Å². The number of rotatable bonds is 2. The van der Waals surface area contributed by atoms with Crippen LogP contribution in [0.5, 0.6) is 0 Å². The second-order valence-corrected chi connectivity index (χ2v) is 3.71. The molecule has 1 aromatic heterocycles. The molecule has 0 atom stereocenters. The van der Waals surface area contributed by atoms with Crippen LogP contribution in [0.3, 0.4) is 0 Å². The van der Waals surface area contributed by atoms with Crippen LogP contribution >= 0.6 is 0 Å². The highest BCUT2D eigenvalue weighted by Crippen LogP contribution is 2.04. The zero-order chi connectivity index (χ0) is 11.4. The molecule has 0 N–H and O–H groups in total. The van der Waals surface area contributed by atoms with Crippen molar-refractivity contribution in [3.8, 4) is 0 Å². The Morgan fingerprint density at radius 2 is 1.75 bits per heavy atom. The van der Waals surface area contributed by atoms with Crippen LogP contribution in [0.4, 0.5) is 4.79 Å². The zero-order valence-electron chi connectivity index (χ0n) is 9.21. The molecule has 82 valence electrons. The molecule has 2 rings (SSSR count). The van der Waals surface area contributed by atoms with E-state index in [1.807, 2.05) is 42.5 Å². The monoisotopic (exact) mass is 214 g/mol. The highest BCUT2D eigenvalue weighted by Gasteiger charge is 2.09. The van der Waals surface area contributed by atoms with E-state index in [1.54, 1.807) is 28.9 Å². The lowest BCUT2D eigenvalue weighted by molar-refractivity contribution is 0.208. The van der Waals surface area contributed by atoms with E-state index in [0.717, 1.165) is 5.56 Å². The van der Waals surface area contributed by atoms with Crippen LogP contribution in [0.15, 0.2) is 54.9 Å². The molecule has 1 aromatic carbocycles. The summed E-state index contributed by atoms with van der Waals surface area (Å²) in [4.78, 5) is 13.6. The fraction of sp³-hybridized carbons (Fsp3) is 0.154. The number of carbonyl (C=O) groups is 1. The minimum atomic E-state index is -0.0196. The Kier molecular flexibility index (Phi) is 3.05. The molecule has 2 aromatic rings. The topological polar surface area (TPSA) is 25.2 Å². The van der Waals surface area contributed by atoms with Crippen molar-refractivity contribution in [3.05, 3.63) is 60.4 Å². The molecule has 0 spiro atoms. The maximum Gasteiger partial charge on any atom is 0.328 e. The first-order valence-electron chi connectivity index (χ1n) is 5.20. The van der Waals surface area contributed by atoms with Crippen molar-refractivity contribution in [1.29, 1.82) is 0 Å². The molecule has 0 saturated heterocycles. The second kappa shape index (κ2) is 4.66. The Hall–Kier alpha value is -2.03. The molecular weight excluding hydrogens is 200 g/mol. The molecule has 0 unspecified atom stereocenters. The number of aromatic nitrogens is 1. The molecule has 3 heteroatoms. The summed E-state index contributed by atoms with van der Waals surface area (Å²) >= 11 is 0. The Bertz CT molecular complexity index is 448. The molecular formula is C13H14N2O. The largest absolute Gasteiger partial charge is 0.328 e. The summed E-state index contributed by atoms with van der Waals surface area (Å²) in [6.07, 6.45) is 3.51. The number of carbonyl (C=O) groups excluding carboxylic acids is 1. The summed E-state index contributed by atoms with van der Waals surface area (Å²) in [5, 5.41) is 0. The summed E-state index contributed by atoms with van der Waals surface area (Å²) in [5.41, 5.74) is 1.13. The van der Waals surface area contributed by atoms with Gasteiger partial charge in [0.2, 0.25) is 0 Å². The standard InChI is InChI=1S/C13H14N2O/c1-14(11-12-7-3-2-4-8-12)13(16)15-9-5-6-10-15/h2-10H,11H2,1H3. The van der Waals surface area contributed by atoms with Gasteiger partial charge in [-0.05, 0) is 17.7 Å². The van der Waals surface area contributed by atoms with Gasteiger partial charge in [-0.3, -0.25) is 4.57 Å². The second-order valence-electron chi connectivity index (χ2n) is 3.71. The first kappa shape index (κ1) is 10.5. The minimum absolute atomic E-state index is 0.0196. The minimum Gasteiger partial charge on any atom is -0.323 e. The van der Waals surface area contributed by atoms with Crippen molar-refractivity contribution >= 4 is 6.03 Å². The van der Waals surface area contributed by atoms with Crippen molar-refractivity contribution in [3.63, 3.8) is 0 Å². The van der Waals surface area contributed by atoms with Crippen LogP contribution in [-0.2, 0) is 6.54 Å². The molecule has 16 heavy (non-hydrogen) atoms. The predicted octanol–water partition coefficient (Wildman–Crippen LogP) is 2.59. The Labute approximate surface area is 94.9 Å². The summed E-state index contributed by atoms with van der Waals surface area (Å²) in [7, 11) is 1.80. The molecule has 0 saturated carbocycles. The molecule has 0 fully saturated rings. The van der Waals surface area contributed by atoms with Gasteiger partial charge in [0.1, 0.15) is 0 Å².